The second-order valence-corrected chi connectivity index (χ2v) is 6.25. The second kappa shape index (κ2) is 8.90. The van der Waals surface area contributed by atoms with Crippen LogP contribution in [0.5, 0.6) is 0 Å². The van der Waals surface area contributed by atoms with Gasteiger partial charge in [-0.05, 0) is 26.3 Å². The van der Waals surface area contributed by atoms with Crippen molar-refractivity contribution in [3.8, 4) is 0 Å². The third-order valence-electron chi connectivity index (χ3n) is 2.82. The predicted molar refractivity (Wildman–Crippen MR) is 88.1 cm³/mol. The summed E-state index contributed by atoms with van der Waals surface area (Å²) in [6.07, 6.45) is -0.684. The minimum absolute atomic E-state index is 0.151. The maximum Gasteiger partial charge on any atom is 0.408 e. The van der Waals surface area contributed by atoms with Gasteiger partial charge in [0.05, 0.1) is 0 Å². The third-order valence-corrected chi connectivity index (χ3v) is 2.82. The SMILES string of the molecule is CN(C[14C](=O)OCc1ccccc1)C(=O)CNC(=O)OC(C)(C)C. The number of nitrogens with zero attached hydrogens (tertiary/aromatic N) is 1. The summed E-state index contributed by atoms with van der Waals surface area (Å²) >= 11 is 0. The molecule has 0 radical (unpaired) electrons. The van der Waals surface area contributed by atoms with Gasteiger partial charge in [0.25, 0.3) is 0 Å². The van der Waals surface area contributed by atoms with Gasteiger partial charge in [-0.25, -0.2) is 4.79 Å². The number of carbonyl (C=O) groups is 3. The van der Waals surface area contributed by atoms with E-state index in [9.17, 15) is 14.4 Å². The zero-order valence-electron chi connectivity index (χ0n) is 14.5. The number of likely N-dealkylation sites (N-methyl/N-ethyl adjacent to an activating group) is 1. The first-order valence-corrected chi connectivity index (χ1v) is 7.58. The van der Waals surface area contributed by atoms with E-state index in [1.807, 2.05) is 30.3 Å². The number of rotatable bonds is 6. The fourth-order valence-corrected chi connectivity index (χ4v) is 1.66. The standard InChI is InChI=1S/C17H24N2O5/c1-17(2,3)24-16(22)18-10-14(20)19(4)11-15(21)23-12-13-8-6-5-7-9-13/h5-9H,10-12H2,1-4H3,(H,18,22)/i15+2. The van der Waals surface area contributed by atoms with Crippen LogP contribution in [0, 0.1) is 0 Å². The van der Waals surface area contributed by atoms with Gasteiger partial charge in [0.1, 0.15) is 25.3 Å². The van der Waals surface area contributed by atoms with Crippen LogP contribution in [-0.4, -0.2) is 48.6 Å². The molecule has 132 valence electrons. The smallest absolute Gasteiger partial charge is 0.408 e. The zero-order valence-corrected chi connectivity index (χ0v) is 14.5. The molecule has 24 heavy (non-hydrogen) atoms. The maximum absolute atomic E-state index is 11.9. The van der Waals surface area contributed by atoms with E-state index in [-0.39, 0.29) is 19.7 Å². The molecule has 0 heterocycles. The fraction of sp³-hybridized carbons (Fsp3) is 0.471. The van der Waals surface area contributed by atoms with Gasteiger partial charge >= 0.3 is 12.1 Å². The maximum atomic E-state index is 11.9. The minimum Gasteiger partial charge on any atom is -0.459 e. The highest BCUT2D eigenvalue weighted by molar-refractivity contribution is 5.85. The van der Waals surface area contributed by atoms with Crippen molar-refractivity contribution in [2.45, 2.75) is 33.0 Å². The Morgan fingerprint density at radius 1 is 1.21 bits per heavy atom. The molecule has 1 N–H and O–H groups in total. The van der Waals surface area contributed by atoms with Crippen LogP contribution >= 0.6 is 0 Å². The average molecular weight is 338 g/mol. The average Bonchev–Trinajstić information content (AvgIpc) is 2.50. The van der Waals surface area contributed by atoms with Crippen molar-refractivity contribution in [2.24, 2.45) is 0 Å². The van der Waals surface area contributed by atoms with Crippen LogP contribution in [0.15, 0.2) is 30.3 Å². The lowest BCUT2D eigenvalue weighted by Crippen LogP contribution is -2.42. The van der Waals surface area contributed by atoms with Crippen LogP contribution in [-0.2, 0) is 25.7 Å². The van der Waals surface area contributed by atoms with E-state index in [4.69, 9.17) is 9.47 Å². The zero-order chi connectivity index (χ0) is 18.2. The molecule has 0 spiro atoms. The number of alkyl carbamates (subject to hydrolysis) is 1. The van der Waals surface area contributed by atoms with E-state index < -0.39 is 23.6 Å². The molecule has 2 amide bonds. The molecule has 7 nitrogen and oxygen atoms in total. The van der Waals surface area contributed by atoms with Crippen LogP contribution < -0.4 is 5.32 Å². The Balaban J connectivity index is 2.30. The summed E-state index contributed by atoms with van der Waals surface area (Å²) in [5.74, 6) is -0.940. The summed E-state index contributed by atoms with van der Waals surface area (Å²) in [6, 6.07) is 9.25. The number of carbonyl (C=O) groups excluding carboxylic acids is 3. The Labute approximate surface area is 141 Å². The topological polar surface area (TPSA) is 84.9 Å². The normalized spacial score (nSPS) is 10.7. The Hall–Kier alpha value is -2.57. The summed E-state index contributed by atoms with van der Waals surface area (Å²) in [5, 5.41) is 2.35. The van der Waals surface area contributed by atoms with Gasteiger partial charge in [-0.1, -0.05) is 30.3 Å². The molecule has 0 unspecified atom stereocenters. The van der Waals surface area contributed by atoms with Crippen molar-refractivity contribution in [1.82, 2.24) is 10.2 Å². The molecular formula is C17H24N2O5. The molecule has 1 rings (SSSR count). The van der Waals surface area contributed by atoms with Crippen molar-refractivity contribution < 1.29 is 23.9 Å². The van der Waals surface area contributed by atoms with Gasteiger partial charge in [0.2, 0.25) is 5.91 Å². The fourth-order valence-electron chi connectivity index (χ4n) is 1.66. The van der Waals surface area contributed by atoms with Crippen molar-refractivity contribution >= 4 is 18.0 Å². The number of nitrogens with one attached hydrogen (secondary N) is 1. The molecule has 0 aliphatic carbocycles. The Bertz CT molecular complexity index is 566. The Kier molecular flexibility index (Phi) is 7.23. The van der Waals surface area contributed by atoms with E-state index in [0.29, 0.717) is 0 Å². The molecule has 0 aliphatic heterocycles. The molecule has 0 bridgehead atoms. The van der Waals surface area contributed by atoms with E-state index in [1.165, 1.54) is 11.9 Å². The van der Waals surface area contributed by atoms with E-state index in [2.05, 4.69) is 5.32 Å². The van der Waals surface area contributed by atoms with E-state index in [0.717, 1.165) is 5.56 Å². The summed E-state index contributed by atoms with van der Waals surface area (Å²) in [5.41, 5.74) is 0.228. The number of amides is 2. The van der Waals surface area contributed by atoms with Crippen molar-refractivity contribution in [1.29, 1.82) is 0 Å². The molecule has 7 heteroatoms. The molecule has 1 aromatic carbocycles. The highest BCUT2D eigenvalue weighted by atomic mass is 16.8. The van der Waals surface area contributed by atoms with Gasteiger partial charge in [-0.15, -0.1) is 0 Å². The second-order valence-electron chi connectivity index (χ2n) is 6.25. The number of ether oxygens (including phenoxy) is 2. The summed E-state index contributed by atoms with van der Waals surface area (Å²) in [4.78, 5) is 36.3. The highest BCUT2D eigenvalue weighted by Crippen LogP contribution is 2.06. The van der Waals surface area contributed by atoms with Crippen molar-refractivity contribution in [3.63, 3.8) is 0 Å². The molecule has 0 saturated heterocycles. The Morgan fingerprint density at radius 3 is 2.42 bits per heavy atom. The van der Waals surface area contributed by atoms with E-state index in [1.54, 1.807) is 20.8 Å². The first kappa shape index (κ1) is 19.5. The summed E-state index contributed by atoms with van der Waals surface area (Å²) in [7, 11) is 1.46. The first-order valence-electron chi connectivity index (χ1n) is 7.58. The molecule has 0 atom stereocenters. The highest BCUT2D eigenvalue weighted by Gasteiger charge is 2.18. The third kappa shape index (κ3) is 8.17. The number of esters is 1. The van der Waals surface area contributed by atoms with Gasteiger partial charge in [-0.2, -0.15) is 0 Å². The molecule has 0 aromatic heterocycles. The van der Waals surface area contributed by atoms with Crippen LogP contribution in [0.1, 0.15) is 26.3 Å². The van der Waals surface area contributed by atoms with Gasteiger partial charge in [0, 0.05) is 7.05 Å². The van der Waals surface area contributed by atoms with Crippen molar-refractivity contribution in [2.75, 3.05) is 20.1 Å². The number of hydrogen-bond acceptors (Lipinski definition) is 5. The lowest BCUT2D eigenvalue weighted by atomic mass is 10.2. The monoisotopic (exact) mass is 338 g/mol. The van der Waals surface area contributed by atoms with E-state index >= 15 is 0 Å². The lowest BCUT2D eigenvalue weighted by molar-refractivity contribution is -0.149. The molecule has 0 saturated carbocycles. The number of benzene rings is 1. The largest absolute Gasteiger partial charge is 0.459 e. The van der Waals surface area contributed by atoms with Crippen LogP contribution in [0.2, 0.25) is 0 Å². The van der Waals surface area contributed by atoms with Gasteiger partial charge < -0.3 is 19.7 Å². The molecular weight excluding hydrogens is 314 g/mol. The van der Waals surface area contributed by atoms with Gasteiger partial charge in [-0.3, -0.25) is 9.59 Å². The lowest BCUT2D eigenvalue weighted by Gasteiger charge is -2.20. The molecule has 1 aromatic rings. The first-order chi connectivity index (χ1) is 11.2. The number of hydrogen-bond donors (Lipinski definition) is 1. The van der Waals surface area contributed by atoms with Gasteiger partial charge in [0.15, 0.2) is 0 Å². The summed E-state index contributed by atoms with van der Waals surface area (Å²) in [6.45, 7) is 4.88. The minimum atomic E-state index is -0.684. The predicted octanol–water partition coefficient (Wildman–Crippen LogP) is 1.71. The summed E-state index contributed by atoms with van der Waals surface area (Å²) < 4.78 is 10.1. The van der Waals surface area contributed by atoms with Crippen LogP contribution in [0.3, 0.4) is 0 Å². The van der Waals surface area contributed by atoms with Crippen LogP contribution in [0.4, 0.5) is 4.79 Å². The van der Waals surface area contributed by atoms with Crippen LogP contribution in [0.25, 0.3) is 0 Å². The molecule has 0 fully saturated rings. The Morgan fingerprint density at radius 2 is 1.83 bits per heavy atom. The molecule has 0 aliphatic rings. The quantitative estimate of drug-likeness (QED) is 0.798. The van der Waals surface area contributed by atoms with Crippen molar-refractivity contribution in [3.05, 3.63) is 35.9 Å².